The van der Waals surface area contributed by atoms with E-state index in [0.29, 0.717) is 19.6 Å². The summed E-state index contributed by atoms with van der Waals surface area (Å²) in [4.78, 5) is 17.0. The zero-order chi connectivity index (χ0) is 30.6. The second-order valence-corrected chi connectivity index (χ2v) is 12.3. The Morgan fingerprint density at radius 3 is 2.55 bits per heavy atom. The molecule has 0 bridgehead atoms. The van der Waals surface area contributed by atoms with Gasteiger partial charge in [0, 0.05) is 55.1 Å². The second kappa shape index (κ2) is 13.5. The minimum atomic E-state index is -0.947. The Morgan fingerprint density at radius 1 is 1.00 bits per heavy atom. The average Bonchev–Trinajstić information content (AvgIpc) is 3.35. The van der Waals surface area contributed by atoms with E-state index < -0.39 is 12.1 Å². The third kappa shape index (κ3) is 6.26. The molecule has 2 heterocycles. The van der Waals surface area contributed by atoms with Crippen molar-refractivity contribution in [3.63, 3.8) is 0 Å². The molecule has 44 heavy (non-hydrogen) atoms. The Hall–Kier alpha value is -3.68. The van der Waals surface area contributed by atoms with Crippen molar-refractivity contribution in [1.29, 1.82) is 0 Å². The molecule has 0 unspecified atom stereocenters. The van der Waals surface area contributed by atoms with E-state index in [1.807, 2.05) is 30.3 Å². The normalized spacial score (nSPS) is 18.9. The van der Waals surface area contributed by atoms with Crippen LogP contribution in [0, 0.1) is 0 Å². The summed E-state index contributed by atoms with van der Waals surface area (Å²) >= 11 is 0. The van der Waals surface area contributed by atoms with Crippen LogP contribution in [0.4, 0.5) is 4.39 Å². The molecule has 0 amide bonds. The molecule has 1 saturated carbocycles. The Bertz CT molecular complexity index is 1600. The SMILES string of the molecule is CCN(CC)CCN1CCn2c(c([C@@H]3CCCC[C@H]3F)c3ccc(C(=O)O)cc32)-c2ccc(OCc3ccccc3)cc2C1. The Kier molecular flexibility index (Phi) is 9.33. The van der Waals surface area contributed by atoms with Gasteiger partial charge in [-0.1, -0.05) is 63.1 Å². The van der Waals surface area contributed by atoms with Crippen LogP contribution >= 0.6 is 0 Å². The van der Waals surface area contributed by atoms with Crippen LogP contribution in [-0.4, -0.2) is 64.3 Å². The summed E-state index contributed by atoms with van der Waals surface area (Å²) in [5.41, 5.74) is 6.59. The number of aromatic nitrogens is 1. The van der Waals surface area contributed by atoms with Crippen LogP contribution in [0.1, 0.15) is 72.5 Å². The van der Waals surface area contributed by atoms with Crippen LogP contribution in [0.2, 0.25) is 0 Å². The molecule has 3 aromatic carbocycles. The van der Waals surface area contributed by atoms with E-state index >= 15 is 4.39 Å². The number of nitrogens with zero attached hydrogens (tertiary/aromatic N) is 3. The number of hydrogen-bond acceptors (Lipinski definition) is 4. The number of likely N-dealkylation sites (N-methyl/N-ethyl adjacent to an activating group) is 1. The fourth-order valence-corrected chi connectivity index (χ4v) is 7.16. The van der Waals surface area contributed by atoms with Crippen molar-refractivity contribution in [1.82, 2.24) is 14.4 Å². The summed E-state index contributed by atoms with van der Waals surface area (Å²) in [5, 5.41) is 10.9. The molecule has 1 aromatic heterocycles. The maximum absolute atomic E-state index is 15.8. The molecule has 0 spiro atoms. The first-order valence-corrected chi connectivity index (χ1v) is 16.2. The number of benzene rings is 3. The molecule has 2 atom stereocenters. The third-order valence-corrected chi connectivity index (χ3v) is 9.64. The van der Waals surface area contributed by atoms with Gasteiger partial charge >= 0.3 is 5.97 Å². The highest BCUT2D eigenvalue weighted by Gasteiger charge is 2.34. The van der Waals surface area contributed by atoms with E-state index in [0.717, 1.165) is 103 Å². The number of halogens is 1. The van der Waals surface area contributed by atoms with Gasteiger partial charge in [0.25, 0.3) is 0 Å². The number of carboxylic acids is 1. The smallest absolute Gasteiger partial charge is 0.335 e. The van der Waals surface area contributed by atoms with Gasteiger partial charge in [0.2, 0.25) is 0 Å². The Balaban J connectivity index is 1.48. The molecular weight excluding hydrogens is 553 g/mol. The first kappa shape index (κ1) is 30.4. The highest BCUT2D eigenvalue weighted by Crippen LogP contribution is 2.47. The second-order valence-electron chi connectivity index (χ2n) is 12.3. The number of hydrogen-bond donors (Lipinski definition) is 1. The van der Waals surface area contributed by atoms with Crippen molar-refractivity contribution in [2.45, 2.75) is 71.3 Å². The van der Waals surface area contributed by atoms with Gasteiger partial charge in [-0.3, -0.25) is 4.90 Å². The lowest BCUT2D eigenvalue weighted by Gasteiger charge is -2.32. The summed E-state index contributed by atoms with van der Waals surface area (Å²) in [7, 11) is 0. The number of aromatic carboxylic acids is 1. The van der Waals surface area contributed by atoms with Crippen molar-refractivity contribution in [2.75, 3.05) is 32.7 Å². The predicted molar refractivity (Wildman–Crippen MR) is 174 cm³/mol. The number of alkyl halides is 1. The number of carboxylic acid groups (broad SMARTS) is 1. The van der Waals surface area contributed by atoms with E-state index in [1.165, 1.54) is 0 Å². The Morgan fingerprint density at radius 2 is 1.80 bits per heavy atom. The van der Waals surface area contributed by atoms with E-state index in [2.05, 4.69) is 52.5 Å². The Labute approximate surface area is 260 Å². The number of carbonyl (C=O) groups is 1. The number of ether oxygens (including phenoxy) is 1. The largest absolute Gasteiger partial charge is 0.489 e. The van der Waals surface area contributed by atoms with Crippen LogP contribution in [0.5, 0.6) is 5.75 Å². The molecule has 6 nitrogen and oxygen atoms in total. The average molecular weight is 598 g/mol. The number of rotatable bonds is 10. The van der Waals surface area contributed by atoms with Gasteiger partial charge in [0.1, 0.15) is 18.5 Å². The molecule has 232 valence electrons. The van der Waals surface area contributed by atoms with Crippen LogP contribution in [-0.2, 0) is 19.7 Å². The van der Waals surface area contributed by atoms with Gasteiger partial charge in [-0.05, 0) is 73.0 Å². The molecule has 1 aliphatic heterocycles. The summed E-state index contributed by atoms with van der Waals surface area (Å²) in [5.74, 6) is -0.342. The third-order valence-electron chi connectivity index (χ3n) is 9.64. The minimum absolute atomic E-state index is 0.210. The standard InChI is InChI=1S/C37H44FN3O3/c1-3-39(4-2)18-19-40-20-21-41-34-23-27(37(42)43)14-16-32(34)35(31-12-8-9-13-33(31)38)36(41)30-17-15-29(22-28(30)24-40)44-25-26-10-6-5-7-11-26/h5-7,10-11,14-17,22-23,31,33H,3-4,8-9,12-13,18-21,24-25H2,1-2H3,(H,42,43)/t31-,33-/m1/s1. The van der Waals surface area contributed by atoms with Crippen molar-refractivity contribution in [3.8, 4) is 17.0 Å². The predicted octanol–water partition coefficient (Wildman–Crippen LogP) is 7.74. The van der Waals surface area contributed by atoms with Crippen molar-refractivity contribution >= 4 is 16.9 Å². The first-order chi connectivity index (χ1) is 21.5. The molecule has 2 aliphatic rings. The fraction of sp³-hybridized carbons (Fsp3) is 0.432. The van der Waals surface area contributed by atoms with Gasteiger partial charge < -0.3 is 19.3 Å². The molecule has 0 radical (unpaired) electrons. The van der Waals surface area contributed by atoms with Crippen LogP contribution in [0.15, 0.2) is 66.7 Å². The zero-order valence-corrected chi connectivity index (χ0v) is 26.0. The molecule has 1 aliphatic carbocycles. The maximum Gasteiger partial charge on any atom is 0.335 e. The van der Waals surface area contributed by atoms with Crippen LogP contribution in [0.3, 0.4) is 0 Å². The maximum atomic E-state index is 15.8. The van der Waals surface area contributed by atoms with Crippen LogP contribution in [0.25, 0.3) is 22.2 Å². The fourth-order valence-electron chi connectivity index (χ4n) is 7.16. The molecule has 4 aromatic rings. The number of fused-ring (bicyclic) bond motifs is 5. The molecular formula is C37H44FN3O3. The van der Waals surface area contributed by atoms with Crippen LogP contribution < -0.4 is 4.74 Å². The zero-order valence-electron chi connectivity index (χ0n) is 26.0. The summed E-state index contributed by atoms with van der Waals surface area (Å²) < 4.78 is 24.3. The lowest BCUT2D eigenvalue weighted by Crippen LogP contribution is -2.37. The highest BCUT2D eigenvalue weighted by molar-refractivity contribution is 5.98. The van der Waals surface area contributed by atoms with Gasteiger partial charge in [0.05, 0.1) is 11.3 Å². The quantitative estimate of drug-likeness (QED) is 0.203. The van der Waals surface area contributed by atoms with Gasteiger partial charge in [-0.2, -0.15) is 0 Å². The van der Waals surface area contributed by atoms with Gasteiger partial charge in [-0.25, -0.2) is 9.18 Å². The minimum Gasteiger partial charge on any atom is -0.489 e. The molecule has 1 N–H and O–H groups in total. The topological polar surface area (TPSA) is 57.9 Å². The van der Waals surface area contributed by atoms with Crippen molar-refractivity contribution in [2.24, 2.45) is 0 Å². The summed E-state index contributed by atoms with van der Waals surface area (Å²) in [6, 6.07) is 21.9. The monoisotopic (exact) mass is 597 g/mol. The van der Waals surface area contributed by atoms with Gasteiger partial charge in [-0.15, -0.1) is 0 Å². The first-order valence-electron chi connectivity index (χ1n) is 16.2. The molecule has 6 rings (SSSR count). The summed E-state index contributed by atoms with van der Waals surface area (Å²) in [6.45, 7) is 11.1. The molecule has 7 heteroatoms. The van der Waals surface area contributed by atoms with E-state index in [-0.39, 0.29) is 11.5 Å². The molecule has 0 saturated heterocycles. The van der Waals surface area contributed by atoms with Crippen molar-refractivity contribution in [3.05, 3.63) is 89.0 Å². The lowest BCUT2D eigenvalue weighted by atomic mass is 9.80. The lowest BCUT2D eigenvalue weighted by molar-refractivity contribution is 0.0697. The summed E-state index contributed by atoms with van der Waals surface area (Å²) in [6.07, 6.45) is 2.38. The van der Waals surface area contributed by atoms with Crippen molar-refractivity contribution < 1.29 is 19.0 Å². The molecule has 1 fully saturated rings. The van der Waals surface area contributed by atoms with E-state index in [9.17, 15) is 9.90 Å². The van der Waals surface area contributed by atoms with E-state index in [4.69, 9.17) is 4.74 Å². The van der Waals surface area contributed by atoms with E-state index in [1.54, 1.807) is 12.1 Å². The van der Waals surface area contributed by atoms with Gasteiger partial charge in [0.15, 0.2) is 0 Å². The highest BCUT2D eigenvalue weighted by atomic mass is 19.1.